The fraction of sp³-hybridized carbons (Fsp3) is 0.615. The highest BCUT2D eigenvalue weighted by Crippen LogP contribution is 2.20. The molecule has 0 saturated heterocycles. The maximum Gasteiger partial charge on any atom is 0.0543 e. The predicted molar refractivity (Wildman–Crippen MR) is 68.0 cm³/mol. The lowest BCUT2D eigenvalue weighted by atomic mass is 9.87. The molecular formula is C13H23N3. The fourth-order valence-corrected chi connectivity index (χ4v) is 1.80. The summed E-state index contributed by atoms with van der Waals surface area (Å²) in [4.78, 5) is 6.62. The maximum atomic E-state index is 5.82. The van der Waals surface area contributed by atoms with E-state index in [1.54, 1.807) is 0 Å². The summed E-state index contributed by atoms with van der Waals surface area (Å²) in [6, 6.07) is 6.03. The van der Waals surface area contributed by atoms with Gasteiger partial charge in [-0.2, -0.15) is 0 Å². The van der Waals surface area contributed by atoms with Gasteiger partial charge >= 0.3 is 0 Å². The molecule has 0 fully saturated rings. The van der Waals surface area contributed by atoms with E-state index in [0.29, 0.717) is 0 Å². The minimum atomic E-state index is 0.212. The van der Waals surface area contributed by atoms with Crippen molar-refractivity contribution in [2.24, 2.45) is 11.1 Å². The summed E-state index contributed by atoms with van der Waals surface area (Å²) in [5.41, 5.74) is 7.14. The largest absolute Gasteiger partial charge is 0.330 e. The molecule has 3 nitrogen and oxygen atoms in total. The summed E-state index contributed by atoms with van der Waals surface area (Å²) in [6.45, 7) is 7.06. The van der Waals surface area contributed by atoms with Crippen molar-refractivity contribution in [1.29, 1.82) is 0 Å². The molecule has 3 heteroatoms. The van der Waals surface area contributed by atoms with Crippen LogP contribution in [0.3, 0.4) is 0 Å². The van der Waals surface area contributed by atoms with Gasteiger partial charge in [0.1, 0.15) is 0 Å². The molecule has 0 bridgehead atoms. The lowest BCUT2D eigenvalue weighted by Crippen LogP contribution is -2.38. The molecule has 1 heterocycles. The minimum absolute atomic E-state index is 0.212. The third-order valence-electron chi connectivity index (χ3n) is 3.16. The molecule has 90 valence electrons. The minimum Gasteiger partial charge on any atom is -0.330 e. The molecule has 0 radical (unpaired) electrons. The monoisotopic (exact) mass is 221 g/mol. The Morgan fingerprint density at radius 3 is 2.69 bits per heavy atom. The first kappa shape index (κ1) is 13.1. The third kappa shape index (κ3) is 3.91. The molecule has 0 aliphatic rings. The van der Waals surface area contributed by atoms with Gasteiger partial charge < -0.3 is 5.73 Å². The average molecular weight is 221 g/mol. The van der Waals surface area contributed by atoms with E-state index < -0.39 is 0 Å². The third-order valence-corrected chi connectivity index (χ3v) is 3.16. The standard InChI is InChI=1S/C13H23N3/c1-4-13(2,10-14)11-16(3)9-12-7-5-6-8-15-12/h5-8H,4,9-11,14H2,1-3H3. The van der Waals surface area contributed by atoms with Crippen molar-refractivity contribution in [1.82, 2.24) is 9.88 Å². The maximum absolute atomic E-state index is 5.82. The van der Waals surface area contributed by atoms with Crippen molar-refractivity contribution in [3.05, 3.63) is 30.1 Å². The van der Waals surface area contributed by atoms with Gasteiger partial charge in [0.2, 0.25) is 0 Å². The van der Waals surface area contributed by atoms with Gasteiger partial charge in [-0.05, 0) is 37.6 Å². The molecule has 0 amide bonds. The van der Waals surface area contributed by atoms with Crippen molar-refractivity contribution in [3.8, 4) is 0 Å². The van der Waals surface area contributed by atoms with Crippen LogP contribution in [0.2, 0.25) is 0 Å². The molecule has 1 rings (SSSR count). The van der Waals surface area contributed by atoms with Crippen LogP contribution in [0.15, 0.2) is 24.4 Å². The highest BCUT2D eigenvalue weighted by atomic mass is 15.1. The predicted octanol–water partition coefficient (Wildman–Crippen LogP) is 1.89. The highest BCUT2D eigenvalue weighted by Gasteiger charge is 2.22. The molecule has 2 N–H and O–H groups in total. The second-order valence-electron chi connectivity index (χ2n) is 4.86. The number of pyridine rings is 1. The van der Waals surface area contributed by atoms with Gasteiger partial charge in [-0.25, -0.2) is 0 Å². The van der Waals surface area contributed by atoms with E-state index >= 15 is 0 Å². The lowest BCUT2D eigenvalue weighted by molar-refractivity contribution is 0.185. The molecule has 0 aliphatic heterocycles. The summed E-state index contributed by atoms with van der Waals surface area (Å²) in [5.74, 6) is 0. The Kier molecular flexibility index (Phi) is 4.90. The van der Waals surface area contributed by atoms with Crippen molar-refractivity contribution >= 4 is 0 Å². The van der Waals surface area contributed by atoms with Gasteiger partial charge in [-0.15, -0.1) is 0 Å². The van der Waals surface area contributed by atoms with Gasteiger partial charge in [0.25, 0.3) is 0 Å². The SMILES string of the molecule is CCC(C)(CN)CN(C)Cc1ccccn1. The molecule has 0 aliphatic carbocycles. The first-order valence-corrected chi connectivity index (χ1v) is 5.88. The van der Waals surface area contributed by atoms with E-state index in [2.05, 4.69) is 36.8 Å². The summed E-state index contributed by atoms with van der Waals surface area (Å²) in [5, 5.41) is 0. The van der Waals surface area contributed by atoms with Crippen LogP contribution in [0.1, 0.15) is 26.0 Å². The second-order valence-corrected chi connectivity index (χ2v) is 4.86. The normalized spacial score (nSPS) is 15.1. The molecule has 1 unspecified atom stereocenters. The molecule has 1 aromatic heterocycles. The zero-order valence-corrected chi connectivity index (χ0v) is 10.6. The van der Waals surface area contributed by atoms with E-state index in [1.807, 2.05) is 18.3 Å². The van der Waals surface area contributed by atoms with Crippen LogP contribution < -0.4 is 5.73 Å². The Hall–Kier alpha value is -0.930. The van der Waals surface area contributed by atoms with Gasteiger partial charge in [0.05, 0.1) is 5.69 Å². The quantitative estimate of drug-likeness (QED) is 0.797. The summed E-state index contributed by atoms with van der Waals surface area (Å²) >= 11 is 0. The number of nitrogens with zero attached hydrogens (tertiary/aromatic N) is 2. The molecule has 0 aromatic carbocycles. The highest BCUT2D eigenvalue weighted by molar-refractivity contribution is 5.03. The molecular weight excluding hydrogens is 198 g/mol. The van der Waals surface area contributed by atoms with Crippen LogP contribution in [-0.4, -0.2) is 30.0 Å². The van der Waals surface area contributed by atoms with Gasteiger partial charge in [0, 0.05) is 19.3 Å². The Morgan fingerprint density at radius 1 is 1.44 bits per heavy atom. The number of nitrogens with two attached hydrogens (primary N) is 1. The first-order valence-electron chi connectivity index (χ1n) is 5.88. The molecule has 1 atom stereocenters. The van der Waals surface area contributed by atoms with Crippen molar-refractivity contribution < 1.29 is 0 Å². The van der Waals surface area contributed by atoms with Crippen LogP contribution in [0.25, 0.3) is 0 Å². The van der Waals surface area contributed by atoms with E-state index in [-0.39, 0.29) is 5.41 Å². The number of aromatic nitrogens is 1. The van der Waals surface area contributed by atoms with Crippen LogP contribution >= 0.6 is 0 Å². The molecule has 1 aromatic rings. The van der Waals surface area contributed by atoms with Crippen molar-refractivity contribution in [3.63, 3.8) is 0 Å². The smallest absolute Gasteiger partial charge is 0.0543 e. The van der Waals surface area contributed by atoms with E-state index in [0.717, 1.165) is 31.7 Å². The van der Waals surface area contributed by atoms with Crippen LogP contribution in [0.5, 0.6) is 0 Å². The van der Waals surface area contributed by atoms with Crippen molar-refractivity contribution in [2.75, 3.05) is 20.1 Å². The lowest BCUT2D eigenvalue weighted by Gasteiger charge is -2.31. The van der Waals surface area contributed by atoms with Crippen LogP contribution in [-0.2, 0) is 6.54 Å². The van der Waals surface area contributed by atoms with E-state index in [1.165, 1.54) is 0 Å². The second kappa shape index (κ2) is 5.97. The van der Waals surface area contributed by atoms with Gasteiger partial charge in [0.15, 0.2) is 0 Å². The number of rotatable bonds is 6. The van der Waals surface area contributed by atoms with E-state index in [9.17, 15) is 0 Å². The topological polar surface area (TPSA) is 42.1 Å². The first-order chi connectivity index (χ1) is 7.59. The zero-order valence-electron chi connectivity index (χ0n) is 10.6. The Bertz CT molecular complexity index is 293. The van der Waals surface area contributed by atoms with Gasteiger partial charge in [-0.3, -0.25) is 9.88 Å². The van der Waals surface area contributed by atoms with Crippen molar-refractivity contribution in [2.45, 2.75) is 26.8 Å². The summed E-state index contributed by atoms with van der Waals surface area (Å²) < 4.78 is 0. The van der Waals surface area contributed by atoms with Crippen LogP contribution in [0.4, 0.5) is 0 Å². The molecule has 0 spiro atoms. The molecule has 16 heavy (non-hydrogen) atoms. The zero-order chi connectivity index (χ0) is 12.0. The number of hydrogen-bond acceptors (Lipinski definition) is 3. The average Bonchev–Trinajstić information content (AvgIpc) is 2.30. The number of hydrogen-bond donors (Lipinski definition) is 1. The van der Waals surface area contributed by atoms with E-state index in [4.69, 9.17) is 5.73 Å². The summed E-state index contributed by atoms with van der Waals surface area (Å²) in [6.07, 6.45) is 2.95. The fourth-order valence-electron chi connectivity index (χ4n) is 1.80. The molecule has 0 saturated carbocycles. The Balaban J connectivity index is 2.50. The Morgan fingerprint density at radius 2 is 2.19 bits per heavy atom. The van der Waals surface area contributed by atoms with Crippen LogP contribution in [0, 0.1) is 5.41 Å². The Labute approximate surface area is 98.7 Å². The van der Waals surface area contributed by atoms with Gasteiger partial charge in [-0.1, -0.05) is 19.9 Å². The summed E-state index contributed by atoms with van der Waals surface area (Å²) in [7, 11) is 2.12.